The van der Waals surface area contributed by atoms with Crippen molar-refractivity contribution < 1.29 is 23.1 Å². The normalized spacial score (nSPS) is 11.5. The third-order valence-electron chi connectivity index (χ3n) is 3.38. The van der Waals surface area contributed by atoms with Crippen LogP contribution in [0, 0.1) is 11.6 Å². The highest BCUT2D eigenvalue weighted by molar-refractivity contribution is 6.39. The molecule has 0 bridgehead atoms. The molecule has 0 aliphatic carbocycles. The molecule has 0 aliphatic heterocycles. The molecule has 2 amide bonds. The van der Waals surface area contributed by atoms with Crippen LogP contribution in [0.2, 0.25) is 0 Å². The fraction of sp³-hybridized carbons (Fsp3) is 0.222. The maximum absolute atomic E-state index is 13.1. The predicted octanol–water partition coefficient (Wildman–Crippen LogP) is 2.66. The van der Waals surface area contributed by atoms with Gasteiger partial charge in [-0.15, -0.1) is 0 Å². The second kappa shape index (κ2) is 8.23. The van der Waals surface area contributed by atoms with Crippen LogP contribution in [0.25, 0.3) is 0 Å². The topological polar surface area (TPSA) is 67.4 Å². The molecule has 132 valence electrons. The molecule has 25 heavy (non-hydrogen) atoms. The lowest BCUT2D eigenvalue weighted by Gasteiger charge is -2.14. The second-order valence-corrected chi connectivity index (χ2v) is 5.54. The summed E-state index contributed by atoms with van der Waals surface area (Å²) in [4.78, 5) is 23.7. The monoisotopic (exact) mass is 348 g/mol. The van der Waals surface area contributed by atoms with Crippen molar-refractivity contribution in [3.63, 3.8) is 0 Å². The summed E-state index contributed by atoms with van der Waals surface area (Å²) in [6.45, 7) is 1.74. The molecule has 7 heteroatoms. The van der Waals surface area contributed by atoms with E-state index in [0.29, 0.717) is 18.2 Å². The summed E-state index contributed by atoms with van der Waals surface area (Å²) in [5, 5.41) is 4.70. The lowest BCUT2D eigenvalue weighted by molar-refractivity contribution is -0.136. The van der Waals surface area contributed by atoms with Gasteiger partial charge in [-0.05, 0) is 43.2 Å². The summed E-state index contributed by atoms with van der Waals surface area (Å²) in [7, 11) is 1.56. The van der Waals surface area contributed by atoms with E-state index in [1.807, 2.05) is 18.2 Å². The molecule has 0 saturated carbocycles. The summed E-state index contributed by atoms with van der Waals surface area (Å²) in [5.74, 6) is -2.88. The Morgan fingerprint density at radius 2 is 1.76 bits per heavy atom. The number of halogens is 2. The van der Waals surface area contributed by atoms with E-state index < -0.39 is 23.4 Å². The molecule has 0 aliphatic rings. The summed E-state index contributed by atoms with van der Waals surface area (Å²) in [5.41, 5.74) is 0.804. The maximum atomic E-state index is 13.1. The van der Waals surface area contributed by atoms with Gasteiger partial charge in [-0.25, -0.2) is 8.78 Å². The minimum atomic E-state index is -0.998. The molecule has 0 aromatic heterocycles. The minimum absolute atomic E-state index is 0.127. The number of carbonyl (C=O) groups is 2. The van der Waals surface area contributed by atoms with Gasteiger partial charge < -0.3 is 15.4 Å². The Labute approximate surface area is 144 Å². The van der Waals surface area contributed by atoms with Crippen LogP contribution in [0.3, 0.4) is 0 Å². The Kier molecular flexibility index (Phi) is 6.05. The van der Waals surface area contributed by atoms with E-state index >= 15 is 0 Å². The van der Waals surface area contributed by atoms with Crippen LogP contribution >= 0.6 is 0 Å². The standard InChI is InChI=1S/C18H18F2N2O3/c1-11(6-12-4-3-5-16(7-12)25-2)21-17(23)18(24)22-15-9-13(19)8-14(20)10-15/h3-5,7-11H,6H2,1-2H3,(H,21,23)(H,22,24)/t11-/m0/s1. The average Bonchev–Trinajstić information content (AvgIpc) is 2.53. The second-order valence-electron chi connectivity index (χ2n) is 5.54. The van der Waals surface area contributed by atoms with Gasteiger partial charge in [-0.1, -0.05) is 12.1 Å². The largest absolute Gasteiger partial charge is 0.497 e. The molecule has 0 unspecified atom stereocenters. The van der Waals surface area contributed by atoms with Gasteiger partial charge in [0.05, 0.1) is 7.11 Å². The molecule has 5 nitrogen and oxygen atoms in total. The van der Waals surface area contributed by atoms with Gasteiger partial charge in [0.1, 0.15) is 17.4 Å². The number of ether oxygens (including phenoxy) is 1. The number of rotatable bonds is 5. The molecule has 2 rings (SSSR count). The first-order valence-electron chi connectivity index (χ1n) is 7.58. The number of anilines is 1. The van der Waals surface area contributed by atoms with Crippen molar-refractivity contribution in [2.24, 2.45) is 0 Å². The Morgan fingerprint density at radius 3 is 2.40 bits per heavy atom. The molecule has 1 atom stereocenters. The molecule has 2 aromatic rings. The molecular formula is C18H18F2N2O3. The van der Waals surface area contributed by atoms with Gasteiger partial charge in [0.15, 0.2) is 0 Å². The van der Waals surface area contributed by atoms with Crippen LogP contribution in [0.15, 0.2) is 42.5 Å². The molecule has 2 aromatic carbocycles. The summed E-state index contributed by atoms with van der Waals surface area (Å²) in [6, 6.07) is 9.54. The third kappa shape index (κ3) is 5.56. The SMILES string of the molecule is COc1cccc(C[C@H](C)NC(=O)C(=O)Nc2cc(F)cc(F)c2)c1. The van der Waals surface area contributed by atoms with Gasteiger partial charge in [0, 0.05) is 17.8 Å². The first-order valence-corrected chi connectivity index (χ1v) is 7.58. The van der Waals surface area contributed by atoms with E-state index in [4.69, 9.17) is 4.74 Å². The van der Waals surface area contributed by atoms with E-state index in [1.165, 1.54) is 0 Å². The predicted molar refractivity (Wildman–Crippen MR) is 89.3 cm³/mol. The van der Waals surface area contributed by atoms with Gasteiger partial charge in [0.25, 0.3) is 0 Å². The fourth-order valence-electron chi connectivity index (χ4n) is 2.31. The van der Waals surface area contributed by atoms with Crippen molar-refractivity contribution in [1.29, 1.82) is 0 Å². The third-order valence-corrected chi connectivity index (χ3v) is 3.38. The lowest BCUT2D eigenvalue weighted by Crippen LogP contribution is -2.41. The summed E-state index contributed by atoms with van der Waals surface area (Å²) < 4.78 is 31.3. The molecule has 0 radical (unpaired) electrons. The van der Waals surface area contributed by atoms with Crippen LogP contribution in [0.5, 0.6) is 5.75 Å². The number of hydrogen-bond donors (Lipinski definition) is 2. The van der Waals surface area contributed by atoms with E-state index in [2.05, 4.69) is 10.6 Å². The van der Waals surface area contributed by atoms with Gasteiger partial charge in [0.2, 0.25) is 0 Å². The van der Waals surface area contributed by atoms with Crippen LogP contribution < -0.4 is 15.4 Å². The molecule has 2 N–H and O–H groups in total. The minimum Gasteiger partial charge on any atom is -0.497 e. The van der Waals surface area contributed by atoms with Gasteiger partial charge in [-0.3, -0.25) is 9.59 Å². The Bertz CT molecular complexity index is 760. The Hall–Kier alpha value is -2.96. The molecule has 0 fully saturated rings. The quantitative estimate of drug-likeness (QED) is 0.817. The first kappa shape index (κ1) is 18.4. The number of nitrogens with one attached hydrogen (secondary N) is 2. The zero-order chi connectivity index (χ0) is 18.4. The highest BCUT2D eigenvalue weighted by Gasteiger charge is 2.17. The average molecular weight is 348 g/mol. The number of carbonyl (C=O) groups excluding carboxylic acids is 2. The van der Waals surface area contributed by atoms with E-state index in [1.54, 1.807) is 20.1 Å². The van der Waals surface area contributed by atoms with Crippen LogP contribution in [-0.4, -0.2) is 25.0 Å². The molecular weight excluding hydrogens is 330 g/mol. The van der Waals surface area contributed by atoms with Crippen LogP contribution in [-0.2, 0) is 16.0 Å². The Morgan fingerprint density at radius 1 is 1.08 bits per heavy atom. The zero-order valence-corrected chi connectivity index (χ0v) is 13.8. The van der Waals surface area contributed by atoms with Crippen molar-refractivity contribution in [2.75, 3.05) is 12.4 Å². The number of methoxy groups -OCH3 is 1. The smallest absolute Gasteiger partial charge is 0.313 e. The maximum Gasteiger partial charge on any atom is 0.313 e. The molecule has 0 saturated heterocycles. The van der Waals surface area contributed by atoms with E-state index in [-0.39, 0.29) is 11.7 Å². The van der Waals surface area contributed by atoms with Crippen LogP contribution in [0.1, 0.15) is 12.5 Å². The number of amides is 2. The number of benzene rings is 2. The van der Waals surface area contributed by atoms with Crippen molar-refractivity contribution >= 4 is 17.5 Å². The lowest BCUT2D eigenvalue weighted by atomic mass is 10.1. The van der Waals surface area contributed by atoms with Crippen molar-refractivity contribution in [3.8, 4) is 5.75 Å². The summed E-state index contributed by atoms with van der Waals surface area (Å²) >= 11 is 0. The fourth-order valence-corrected chi connectivity index (χ4v) is 2.31. The van der Waals surface area contributed by atoms with Crippen molar-refractivity contribution in [1.82, 2.24) is 5.32 Å². The summed E-state index contributed by atoms with van der Waals surface area (Å²) in [6.07, 6.45) is 0.491. The molecule has 0 heterocycles. The first-order chi connectivity index (χ1) is 11.9. The van der Waals surface area contributed by atoms with E-state index in [0.717, 1.165) is 17.7 Å². The highest BCUT2D eigenvalue weighted by Crippen LogP contribution is 2.14. The van der Waals surface area contributed by atoms with Crippen molar-refractivity contribution in [3.05, 3.63) is 59.7 Å². The Balaban J connectivity index is 1.92. The number of hydrogen-bond acceptors (Lipinski definition) is 3. The zero-order valence-electron chi connectivity index (χ0n) is 13.8. The van der Waals surface area contributed by atoms with Crippen molar-refractivity contribution in [2.45, 2.75) is 19.4 Å². The highest BCUT2D eigenvalue weighted by atomic mass is 19.1. The van der Waals surface area contributed by atoms with Crippen LogP contribution in [0.4, 0.5) is 14.5 Å². The van der Waals surface area contributed by atoms with Gasteiger partial charge >= 0.3 is 11.8 Å². The molecule has 0 spiro atoms. The van der Waals surface area contributed by atoms with E-state index in [9.17, 15) is 18.4 Å². The van der Waals surface area contributed by atoms with Gasteiger partial charge in [-0.2, -0.15) is 0 Å².